The van der Waals surface area contributed by atoms with Gasteiger partial charge in [0.25, 0.3) is 5.91 Å². The van der Waals surface area contributed by atoms with E-state index in [1.54, 1.807) is 18.2 Å². The number of nitrogens with zero attached hydrogens (tertiary/aromatic N) is 1. The first-order valence-electron chi connectivity index (χ1n) is 12.4. The molecular formula is C30H35FN2O3. The zero-order chi connectivity index (χ0) is 25.9. The Hall–Kier alpha value is -3.67. The summed E-state index contributed by atoms with van der Waals surface area (Å²) >= 11 is 0. The van der Waals surface area contributed by atoms with Gasteiger partial charge in [0.1, 0.15) is 17.6 Å². The first-order chi connectivity index (χ1) is 17.4. The van der Waals surface area contributed by atoms with E-state index in [1.807, 2.05) is 68.4 Å². The second-order valence-electron chi connectivity index (χ2n) is 9.24. The number of ether oxygens (including phenoxy) is 1. The van der Waals surface area contributed by atoms with Crippen LogP contribution in [0.2, 0.25) is 0 Å². The van der Waals surface area contributed by atoms with E-state index in [0.29, 0.717) is 24.3 Å². The number of carbonyl (C=O) groups is 2. The Balaban J connectivity index is 1.89. The highest BCUT2D eigenvalue weighted by atomic mass is 19.1. The lowest BCUT2D eigenvalue weighted by Gasteiger charge is -2.31. The Morgan fingerprint density at radius 1 is 0.917 bits per heavy atom. The SMILES string of the molecule is CCc1ccc(OCC(=O)N(Cc2ccccc2F)[C@@H](Cc2ccccc2)C(=O)NCC(C)C)cc1. The van der Waals surface area contributed by atoms with Crippen LogP contribution in [0.4, 0.5) is 4.39 Å². The number of carbonyl (C=O) groups excluding carboxylic acids is 2. The third-order valence-electron chi connectivity index (χ3n) is 5.95. The summed E-state index contributed by atoms with van der Waals surface area (Å²) in [5.74, 6) is -0.276. The molecule has 0 aliphatic carbocycles. The number of benzene rings is 3. The predicted octanol–water partition coefficient (Wildman–Crippen LogP) is 5.18. The molecule has 1 atom stereocenters. The van der Waals surface area contributed by atoms with Crippen molar-refractivity contribution in [1.82, 2.24) is 10.2 Å². The zero-order valence-corrected chi connectivity index (χ0v) is 21.2. The summed E-state index contributed by atoms with van der Waals surface area (Å²) in [6.45, 7) is 6.25. The molecule has 2 amide bonds. The minimum atomic E-state index is -0.829. The van der Waals surface area contributed by atoms with Gasteiger partial charge in [-0.15, -0.1) is 0 Å². The molecule has 5 nitrogen and oxygen atoms in total. The molecule has 3 aromatic carbocycles. The first-order valence-corrected chi connectivity index (χ1v) is 12.4. The Labute approximate surface area is 213 Å². The van der Waals surface area contributed by atoms with Crippen LogP contribution in [-0.2, 0) is 29.0 Å². The maximum absolute atomic E-state index is 14.6. The number of nitrogens with one attached hydrogen (secondary N) is 1. The molecule has 0 heterocycles. The highest BCUT2D eigenvalue weighted by Gasteiger charge is 2.31. The van der Waals surface area contributed by atoms with Gasteiger partial charge < -0.3 is 15.0 Å². The zero-order valence-electron chi connectivity index (χ0n) is 21.2. The molecule has 0 spiro atoms. The summed E-state index contributed by atoms with van der Waals surface area (Å²) in [7, 11) is 0. The minimum Gasteiger partial charge on any atom is -0.484 e. The fraction of sp³-hybridized carbons (Fsp3) is 0.333. The topological polar surface area (TPSA) is 58.6 Å². The monoisotopic (exact) mass is 490 g/mol. The van der Waals surface area contributed by atoms with Crippen LogP contribution in [0.15, 0.2) is 78.9 Å². The molecule has 0 aliphatic rings. The van der Waals surface area contributed by atoms with Crippen LogP contribution in [0.5, 0.6) is 5.75 Å². The van der Waals surface area contributed by atoms with Crippen molar-refractivity contribution in [2.75, 3.05) is 13.2 Å². The van der Waals surface area contributed by atoms with E-state index in [4.69, 9.17) is 4.74 Å². The standard InChI is InChI=1S/C30H35FN2O3/c1-4-23-14-16-26(17-15-23)36-21-29(34)33(20-25-12-8-9-13-27(25)31)28(30(35)32-19-22(2)3)18-24-10-6-5-7-11-24/h5-17,22,28H,4,18-21H2,1-3H3,(H,32,35)/t28-/m0/s1. The third kappa shape index (κ3) is 7.94. The number of hydrogen-bond donors (Lipinski definition) is 1. The van der Waals surface area contributed by atoms with Gasteiger partial charge in [-0.05, 0) is 41.7 Å². The molecule has 3 aromatic rings. The second-order valence-corrected chi connectivity index (χ2v) is 9.24. The molecule has 36 heavy (non-hydrogen) atoms. The van der Waals surface area contributed by atoms with Crippen molar-refractivity contribution in [2.45, 2.75) is 46.2 Å². The molecule has 1 N–H and O–H groups in total. The summed E-state index contributed by atoms with van der Waals surface area (Å²) < 4.78 is 20.4. The van der Waals surface area contributed by atoms with Gasteiger partial charge in [-0.1, -0.05) is 81.4 Å². The van der Waals surface area contributed by atoms with E-state index in [-0.39, 0.29) is 25.0 Å². The van der Waals surface area contributed by atoms with Crippen molar-refractivity contribution < 1.29 is 18.7 Å². The van der Waals surface area contributed by atoms with E-state index in [0.717, 1.165) is 12.0 Å². The lowest BCUT2D eigenvalue weighted by molar-refractivity contribution is -0.142. The summed E-state index contributed by atoms with van der Waals surface area (Å²) in [6, 6.07) is 22.6. The molecule has 3 rings (SSSR count). The van der Waals surface area contributed by atoms with E-state index >= 15 is 0 Å². The molecule has 0 saturated carbocycles. The predicted molar refractivity (Wildman–Crippen MR) is 140 cm³/mol. The highest BCUT2D eigenvalue weighted by molar-refractivity contribution is 5.88. The van der Waals surface area contributed by atoms with Crippen LogP contribution in [-0.4, -0.2) is 35.9 Å². The minimum absolute atomic E-state index is 0.0454. The van der Waals surface area contributed by atoms with Gasteiger partial charge in [-0.2, -0.15) is 0 Å². The van der Waals surface area contributed by atoms with Gasteiger partial charge >= 0.3 is 0 Å². The summed E-state index contributed by atoms with van der Waals surface area (Å²) in [5, 5.41) is 2.96. The summed E-state index contributed by atoms with van der Waals surface area (Å²) in [4.78, 5) is 28.3. The average molecular weight is 491 g/mol. The normalized spacial score (nSPS) is 11.7. The van der Waals surface area contributed by atoms with Crippen molar-refractivity contribution in [2.24, 2.45) is 5.92 Å². The number of aryl methyl sites for hydroxylation is 1. The fourth-order valence-corrected chi connectivity index (χ4v) is 3.84. The van der Waals surface area contributed by atoms with Crippen LogP contribution in [0.1, 0.15) is 37.5 Å². The van der Waals surface area contributed by atoms with Crippen molar-refractivity contribution in [3.05, 3.63) is 101 Å². The van der Waals surface area contributed by atoms with Gasteiger partial charge in [-0.25, -0.2) is 4.39 Å². The molecule has 0 radical (unpaired) electrons. The molecule has 6 heteroatoms. The maximum Gasteiger partial charge on any atom is 0.261 e. The Kier molecular flexibility index (Phi) is 10.0. The van der Waals surface area contributed by atoms with Gasteiger partial charge in [-0.3, -0.25) is 9.59 Å². The van der Waals surface area contributed by atoms with Crippen molar-refractivity contribution >= 4 is 11.8 Å². The number of amides is 2. The second kappa shape index (κ2) is 13.4. The van der Waals surface area contributed by atoms with Crippen molar-refractivity contribution in [3.8, 4) is 5.75 Å². The largest absolute Gasteiger partial charge is 0.484 e. The smallest absolute Gasteiger partial charge is 0.261 e. The highest BCUT2D eigenvalue weighted by Crippen LogP contribution is 2.18. The lowest BCUT2D eigenvalue weighted by Crippen LogP contribution is -2.52. The molecule has 0 fully saturated rings. The van der Waals surface area contributed by atoms with Crippen LogP contribution in [0.25, 0.3) is 0 Å². The molecular weight excluding hydrogens is 455 g/mol. The molecule has 0 saturated heterocycles. The van der Waals surface area contributed by atoms with Gasteiger partial charge in [0.15, 0.2) is 6.61 Å². The number of hydrogen-bond acceptors (Lipinski definition) is 3. The first kappa shape index (κ1) is 26.9. The molecule has 0 bridgehead atoms. The lowest BCUT2D eigenvalue weighted by atomic mass is 10.0. The van der Waals surface area contributed by atoms with E-state index in [2.05, 4.69) is 12.2 Å². The average Bonchev–Trinajstić information content (AvgIpc) is 2.89. The van der Waals surface area contributed by atoms with E-state index in [1.165, 1.54) is 16.5 Å². The summed E-state index contributed by atoms with van der Waals surface area (Å²) in [6.07, 6.45) is 1.21. The quantitative estimate of drug-likeness (QED) is 0.381. The van der Waals surface area contributed by atoms with Gasteiger partial charge in [0, 0.05) is 25.1 Å². The Morgan fingerprint density at radius 3 is 2.22 bits per heavy atom. The van der Waals surface area contributed by atoms with Crippen LogP contribution >= 0.6 is 0 Å². The molecule has 0 aliphatic heterocycles. The van der Waals surface area contributed by atoms with E-state index in [9.17, 15) is 14.0 Å². The van der Waals surface area contributed by atoms with Crippen LogP contribution < -0.4 is 10.1 Å². The fourth-order valence-electron chi connectivity index (χ4n) is 3.84. The number of halogens is 1. The molecule has 0 unspecified atom stereocenters. The Morgan fingerprint density at radius 2 is 1.58 bits per heavy atom. The molecule has 190 valence electrons. The Bertz CT molecular complexity index is 1120. The van der Waals surface area contributed by atoms with Crippen LogP contribution in [0.3, 0.4) is 0 Å². The van der Waals surface area contributed by atoms with Crippen molar-refractivity contribution in [1.29, 1.82) is 0 Å². The third-order valence-corrected chi connectivity index (χ3v) is 5.95. The van der Waals surface area contributed by atoms with Gasteiger partial charge in [0.05, 0.1) is 0 Å². The van der Waals surface area contributed by atoms with Gasteiger partial charge in [0.2, 0.25) is 5.91 Å². The van der Waals surface area contributed by atoms with Crippen LogP contribution in [0, 0.1) is 11.7 Å². The van der Waals surface area contributed by atoms with E-state index < -0.39 is 17.8 Å². The van der Waals surface area contributed by atoms with Crippen molar-refractivity contribution in [3.63, 3.8) is 0 Å². The maximum atomic E-state index is 14.6. The number of rotatable bonds is 12. The molecule has 0 aromatic heterocycles. The summed E-state index contributed by atoms with van der Waals surface area (Å²) in [5.41, 5.74) is 2.41.